The van der Waals surface area contributed by atoms with Gasteiger partial charge in [0.15, 0.2) is 0 Å². The number of carbonyl (C=O) groups is 2. The van der Waals surface area contributed by atoms with Crippen molar-refractivity contribution >= 4 is 29.8 Å². The summed E-state index contributed by atoms with van der Waals surface area (Å²) in [6, 6.07) is 4.61. The molecule has 8 nitrogen and oxygen atoms in total. The molecule has 1 atom stereocenters. The van der Waals surface area contributed by atoms with Crippen LogP contribution in [-0.4, -0.2) is 63.3 Å². The third kappa shape index (κ3) is 3.87. The summed E-state index contributed by atoms with van der Waals surface area (Å²) >= 11 is 0. The number of nitrogens with zero attached hydrogens (tertiary/aromatic N) is 4. The Kier molecular flexibility index (Phi) is 5.24. The van der Waals surface area contributed by atoms with Crippen molar-refractivity contribution in [1.82, 2.24) is 5.01 Å². The van der Waals surface area contributed by atoms with E-state index < -0.39 is 18.0 Å². The van der Waals surface area contributed by atoms with Crippen LogP contribution in [0.2, 0.25) is 0 Å². The Morgan fingerprint density at radius 2 is 2.23 bits per heavy atom. The molecule has 1 aromatic rings. The molecule has 26 heavy (non-hydrogen) atoms. The number of hydrogen-bond acceptors (Lipinski definition) is 7. The maximum atomic E-state index is 14.6. The maximum Gasteiger partial charge on any atom is 0.414 e. The lowest BCUT2D eigenvalue weighted by atomic mass is 10.2. The first kappa shape index (κ1) is 18.0. The van der Waals surface area contributed by atoms with Gasteiger partial charge in [0, 0.05) is 20.0 Å². The van der Waals surface area contributed by atoms with Crippen LogP contribution in [0.3, 0.4) is 0 Å². The van der Waals surface area contributed by atoms with Crippen LogP contribution < -0.4 is 9.80 Å². The van der Waals surface area contributed by atoms with Gasteiger partial charge in [-0.15, -0.1) is 0 Å². The standard InChI is InChI=1S/C17H21FN4O4/c1-20-7-8-21(11-19-20)15-5-3-12(9-14(15)18)22-10-13(26-17(22)24)4-6-16(23)25-2/h3,5,9,11,13H,4,6-8,10H2,1-2H3/t13-/m0/s1. The van der Waals surface area contributed by atoms with Crippen LogP contribution in [0.4, 0.5) is 20.6 Å². The molecule has 0 N–H and O–H groups in total. The SMILES string of the molecule is COC(=O)CC[C@H]1CN(c2ccc(N3C=NN(C)CC3)c(F)c2)C(=O)O1. The number of amides is 1. The van der Waals surface area contributed by atoms with E-state index in [0.717, 1.165) is 0 Å². The van der Waals surface area contributed by atoms with Crippen molar-refractivity contribution in [2.45, 2.75) is 18.9 Å². The largest absolute Gasteiger partial charge is 0.469 e. The molecule has 1 fully saturated rings. The van der Waals surface area contributed by atoms with Crippen LogP contribution >= 0.6 is 0 Å². The fourth-order valence-electron chi connectivity index (χ4n) is 2.86. The molecule has 0 radical (unpaired) electrons. The average Bonchev–Trinajstić information content (AvgIpc) is 3.01. The van der Waals surface area contributed by atoms with Crippen molar-refractivity contribution in [2.75, 3.05) is 43.6 Å². The predicted molar refractivity (Wildman–Crippen MR) is 93.7 cm³/mol. The second kappa shape index (κ2) is 7.59. The Labute approximate surface area is 150 Å². The van der Waals surface area contributed by atoms with E-state index in [2.05, 4.69) is 9.84 Å². The van der Waals surface area contributed by atoms with Gasteiger partial charge in [-0.05, 0) is 24.6 Å². The maximum absolute atomic E-state index is 14.6. The number of benzene rings is 1. The lowest BCUT2D eigenvalue weighted by Gasteiger charge is -2.28. The fraction of sp³-hybridized carbons (Fsp3) is 0.471. The summed E-state index contributed by atoms with van der Waals surface area (Å²) < 4.78 is 24.4. The molecular weight excluding hydrogens is 343 g/mol. The van der Waals surface area contributed by atoms with Crippen molar-refractivity contribution in [2.24, 2.45) is 5.10 Å². The molecule has 140 valence electrons. The summed E-state index contributed by atoms with van der Waals surface area (Å²) in [5.74, 6) is -0.798. The molecule has 0 bridgehead atoms. The molecule has 2 aliphatic heterocycles. The Morgan fingerprint density at radius 3 is 2.88 bits per heavy atom. The highest BCUT2D eigenvalue weighted by atomic mass is 19.1. The molecule has 9 heteroatoms. The van der Waals surface area contributed by atoms with Gasteiger partial charge in [0.2, 0.25) is 0 Å². The summed E-state index contributed by atoms with van der Waals surface area (Å²) in [7, 11) is 3.16. The van der Waals surface area contributed by atoms with Crippen molar-refractivity contribution in [3.63, 3.8) is 0 Å². The fourth-order valence-corrected chi connectivity index (χ4v) is 2.86. The summed E-state index contributed by atoms with van der Waals surface area (Å²) in [5, 5.41) is 5.91. The van der Waals surface area contributed by atoms with Crippen molar-refractivity contribution in [3.8, 4) is 0 Å². The van der Waals surface area contributed by atoms with Crippen LogP contribution in [0.15, 0.2) is 23.3 Å². The lowest BCUT2D eigenvalue weighted by molar-refractivity contribution is -0.141. The first-order valence-corrected chi connectivity index (χ1v) is 8.34. The van der Waals surface area contributed by atoms with Crippen molar-refractivity contribution < 1.29 is 23.5 Å². The van der Waals surface area contributed by atoms with Crippen LogP contribution in [0.25, 0.3) is 0 Å². The number of methoxy groups -OCH3 is 1. The number of halogens is 1. The Morgan fingerprint density at radius 1 is 1.42 bits per heavy atom. The van der Waals surface area contributed by atoms with E-state index in [9.17, 15) is 14.0 Å². The summed E-state index contributed by atoms with van der Waals surface area (Å²) in [4.78, 5) is 26.4. The Hall–Kier alpha value is -2.84. The number of likely N-dealkylation sites (N-methyl/N-ethyl adjacent to an activating group) is 1. The zero-order valence-corrected chi connectivity index (χ0v) is 14.7. The number of cyclic esters (lactones) is 1. The molecule has 1 amide bonds. The first-order valence-electron chi connectivity index (χ1n) is 8.34. The molecule has 1 aromatic carbocycles. The molecule has 1 saturated heterocycles. The van der Waals surface area contributed by atoms with E-state index in [1.165, 1.54) is 18.1 Å². The minimum Gasteiger partial charge on any atom is -0.469 e. The van der Waals surface area contributed by atoms with Crippen LogP contribution in [0, 0.1) is 5.82 Å². The van der Waals surface area contributed by atoms with Gasteiger partial charge in [0.1, 0.15) is 18.3 Å². The highest BCUT2D eigenvalue weighted by Gasteiger charge is 2.33. The van der Waals surface area contributed by atoms with E-state index >= 15 is 0 Å². The number of esters is 1. The Bertz CT molecular complexity index is 727. The van der Waals surface area contributed by atoms with Crippen molar-refractivity contribution in [1.29, 1.82) is 0 Å². The van der Waals surface area contributed by atoms with E-state index in [0.29, 0.717) is 30.9 Å². The molecule has 2 heterocycles. The quantitative estimate of drug-likeness (QED) is 0.742. The van der Waals surface area contributed by atoms with E-state index in [1.807, 2.05) is 7.05 Å². The summed E-state index contributed by atoms with van der Waals surface area (Å²) in [5.41, 5.74) is 0.822. The second-order valence-corrected chi connectivity index (χ2v) is 6.17. The predicted octanol–water partition coefficient (Wildman–Crippen LogP) is 1.80. The summed E-state index contributed by atoms with van der Waals surface area (Å²) in [6.45, 7) is 1.58. The lowest BCUT2D eigenvalue weighted by Crippen LogP contribution is -2.36. The normalized spacial score (nSPS) is 19.7. The number of carbonyl (C=O) groups excluding carboxylic acids is 2. The highest BCUT2D eigenvalue weighted by Crippen LogP contribution is 2.28. The monoisotopic (exact) mass is 364 g/mol. The van der Waals surface area contributed by atoms with Crippen LogP contribution in [0.5, 0.6) is 0 Å². The highest BCUT2D eigenvalue weighted by molar-refractivity contribution is 5.90. The molecule has 2 aliphatic rings. The number of hydrazone groups is 1. The smallest absolute Gasteiger partial charge is 0.414 e. The molecule has 0 saturated carbocycles. The number of hydrogen-bond donors (Lipinski definition) is 0. The minimum absolute atomic E-state index is 0.165. The number of anilines is 2. The molecule has 0 aromatic heterocycles. The van der Waals surface area contributed by atoms with Crippen LogP contribution in [-0.2, 0) is 14.3 Å². The van der Waals surface area contributed by atoms with Gasteiger partial charge in [0.25, 0.3) is 0 Å². The number of ether oxygens (including phenoxy) is 2. The van der Waals surface area contributed by atoms with Gasteiger partial charge >= 0.3 is 12.1 Å². The molecule has 0 unspecified atom stereocenters. The molecule has 3 rings (SSSR count). The van der Waals surface area contributed by atoms with E-state index in [4.69, 9.17) is 4.74 Å². The minimum atomic E-state index is -0.548. The van der Waals surface area contributed by atoms with Gasteiger partial charge in [-0.1, -0.05) is 0 Å². The van der Waals surface area contributed by atoms with Gasteiger partial charge in [-0.2, -0.15) is 5.10 Å². The second-order valence-electron chi connectivity index (χ2n) is 6.17. The number of rotatable bonds is 5. The zero-order chi connectivity index (χ0) is 18.7. The topological polar surface area (TPSA) is 74.7 Å². The van der Waals surface area contributed by atoms with E-state index in [-0.39, 0.29) is 18.9 Å². The third-order valence-electron chi connectivity index (χ3n) is 4.38. The van der Waals surface area contributed by atoms with Crippen molar-refractivity contribution in [3.05, 3.63) is 24.0 Å². The van der Waals surface area contributed by atoms with E-state index in [1.54, 1.807) is 28.4 Å². The molecular formula is C17H21FN4O4. The van der Waals surface area contributed by atoms with Gasteiger partial charge in [0.05, 0.1) is 31.6 Å². The zero-order valence-electron chi connectivity index (χ0n) is 14.7. The first-order chi connectivity index (χ1) is 12.5. The summed E-state index contributed by atoms with van der Waals surface area (Å²) in [6.07, 6.45) is 1.14. The third-order valence-corrected chi connectivity index (χ3v) is 4.38. The van der Waals surface area contributed by atoms with Gasteiger partial charge in [-0.3, -0.25) is 14.7 Å². The average molecular weight is 364 g/mol. The molecule has 0 spiro atoms. The Balaban J connectivity index is 1.68. The van der Waals surface area contributed by atoms with Gasteiger partial charge < -0.3 is 14.4 Å². The van der Waals surface area contributed by atoms with Crippen LogP contribution in [0.1, 0.15) is 12.8 Å². The van der Waals surface area contributed by atoms with Gasteiger partial charge in [-0.25, -0.2) is 9.18 Å². The molecule has 0 aliphatic carbocycles.